The Hall–Kier alpha value is -1.26. The normalized spacial score (nSPS) is 27.5. The van der Waals surface area contributed by atoms with E-state index in [9.17, 15) is 4.79 Å². The molecule has 4 nitrogen and oxygen atoms in total. The smallest absolute Gasteiger partial charge is 0.227 e. The van der Waals surface area contributed by atoms with E-state index < -0.39 is 0 Å². The van der Waals surface area contributed by atoms with E-state index in [0.29, 0.717) is 0 Å². The average Bonchev–Trinajstić information content (AvgIpc) is 2.57. The van der Waals surface area contributed by atoms with E-state index in [1.54, 1.807) is 0 Å². The molecule has 1 heterocycles. The predicted molar refractivity (Wildman–Crippen MR) is 103 cm³/mol. The van der Waals surface area contributed by atoms with Gasteiger partial charge in [-0.3, -0.25) is 4.79 Å². The van der Waals surface area contributed by atoms with E-state index in [1.807, 2.05) is 24.0 Å². The van der Waals surface area contributed by atoms with E-state index in [0.717, 1.165) is 57.4 Å². The number of carbonyl (C=O) groups excluding carboxylic acids is 1. The Labute approximate surface area is 157 Å². The molecule has 25 heavy (non-hydrogen) atoms. The molecule has 1 aliphatic heterocycles. The second-order valence-corrected chi connectivity index (χ2v) is 7.76. The van der Waals surface area contributed by atoms with Gasteiger partial charge >= 0.3 is 0 Å². The Balaban J connectivity index is 0.00000225. The van der Waals surface area contributed by atoms with Crippen molar-refractivity contribution in [2.24, 2.45) is 11.7 Å². The molecule has 1 aromatic rings. The van der Waals surface area contributed by atoms with Gasteiger partial charge in [-0.1, -0.05) is 30.5 Å². The number of nitrogens with two attached hydrogens (primary N) is 1. The van der Waals surface area contributed by atoms with Crippen LogP contribution in [0.5, 0.6) is 5.75 Å². The van der Waals surface area contributed by atoms with Gasteiger partial charge < -0.3 is 15.4 Å². The number of ether oxygens (including phenoxy) is 1. The van der Waals surface area contributed by atoms with Crippen LogP contribution in [0, 0.1) is 12.8 Å². The highest BCUT2D eigenvalue weighted by Gasteiger charge is 2.40. The number of aryl methyl sites for hydroxylation is 1. The summed E-state index contributed by atoms with van der Waals surface area (Å²) in [5.74, 6) is 1.17. The maximum Gasteiger partial charge on any atom is 0.227 e. The lowest BCUT2D eigenvalue weighted by atomic mass is 9.74. The van der Waals surface area contributed by atoms with Crippen molar-refractivity contribution in [2.45, 2.75) is 64.0 Å². The summed E-state index contributed by atoms with van der Waals surface area (Å²) in [7, 11) is 0. The molecule has 0 bridgehead atoms. The molecule has 0 aromatic heterocycles. The number of halogens is 1. The minimum atomic E-state index is -0.343. The molecule has 140 valence electrons. The number of amides is 1. The highest BCUT2D eigenvalue weighted by Crippen LogP contribution is 2.33. The number of nitrogens with zero attached hydrogens (tertiary/aromatic N) is 1. The largest absolute Gasteiger partial charge is 0.490 e. The molecular formula is C20H31ClN2O2. The number of hydrogen-bond donors (Lipinski definition) is 1. The summed E-state index contributed by atoms with van der Waals surface area (Å²) in [5.41, 5.74) is 7.29. The van der Waals surface area contributed by atoms with Gasteiger partial charge in [0.1, 0.15) is 11.9 Å². The maximum atomic E-state index is 12.9. The van der Waals surface area contributed by atoms with Crippen molar-refractivity contribution in [3.63, 3.8) is 0 Å². The SMILES string of the molecule is Cc1ccc(OC2CCN(C(=O)C3CCCCC3(C)N)CC2)cc1.Cl. The molecule has 2 N–H and O–H groups in total. The second kappa shape index (κ2) is 8.41. The van der Waals surface area contributed by atoms with Crippen LogP contribution in [0.3, 0.4) is 0 Å². The lowest BCUT2D eigenvalue weighted by molar-refractivity contribution is -0.140. The average molecular weight is 367 g/mol. The van der Waals surface area contributed by atoms with Crippen molar-refractivity contribution in [3.8, 4) is 5.75 Å². The summed E-state index contributed by atoms with van der Waals surface area (Å²) in [6.07, 6.45) is 6.15. The van der Waals surface area contributed by atoms with Crippen molar-refractivity contribution in [1.82, 2.24) is 4.90 Å². The Morgan fingerprint density at radius 1 is 1.16 bits per heavy atom. The minimum Gasteiger partial charge on any atom is -0.490 e. The van der Waals surface area contributed by atoms with E-state index in [4.69, 9.17) is 10.5 Å². The molecule has 2 unspecified atom stereocenters. The zero-order chi connectivity index (χ0) is 17.2. The zero-order valence-electron chi connectivity index (χ0n) is 15.4. The molecule has 2 fully saturated rings. The van der Waals surface area contributed by atoms with Crippen LogP contribution in [0.2, 0.25) is 0 Å². The number of carbonyl (C=O) groups is 1. The summed E-state index contributed by atoms with van der Waals surface area (Å²) in [6.45, 7) is 5.68. The molecule has 1 aromatic carbocycles. The van der Waals surface area contributed by atoms with Crippen LogP contribution < -0.4 is 10.5 Å². The summed E-state index contributed by atoms with van der Waals surface area (Å²) in [6, 6.07) is 8.18. The fourth-order valence-corrected chi connectivity index (χ4v) is 3.99. The molecule has 5 heteroatoms. The van der Waals surface area contributed by atoms with Crippen LogP contribution in [0.15, 0.2) is 24.3 Å². The van der Waals surface area contributed by atoms with Crippen molar-refractivity contribution in [2.75, 3.05) is 13.1 Å². The van der Waals surface area contributed by atoms with E-state index in [1.165, 1.54) is 5.56 Å². The summed E-state index contributed by atoms with van der Waals surface area (Å²) >= 11 is 0. The van der Waals surface area contributed by atoms with Gasteiger partial charge in [-0.15, -0.1) is 12.4 Å². The van der Waals surface area contributed by atoms with Gasteiger partial charge in [0.2, 0.25) is 5.91 Å². The first-order valence-electron chi connectivity index (χ1n) is 9.27. The summed E-state index contributed by atoms with van der Waals surface area (Å²) in [5, 5.41) is 0. The molecule has 1 amide bonds. The van der Waals surface area contributed by atoms with Crippen molar-refractivity contribution in [1.29, 1.82) is 0 Å². The van der Waals surface area contributed by atoms with Gasteiger partial charge in [0.15, 0.2) is 0 Å². The van der Waals surface area contributed by atoms with Crippen LogP contribution in [-0.2, 0) is 4.79 Å². The number of hydrogen-bond acceptors (Lipinski definition) is 3. The van der Waals surface area contributed by atoms with Gasteiger partial charge in [0.05, 0.1) is 5.92 Å². The quantitative estimate of drug-likeness (QED) is 0.887. The first kappa shape index (κ1) is 20.1. The van der Waals surface area contributed by atoms with Gasteiger partial charge in [0, 0.05) is 31.5 Å². The third-order valence-electron chi connectivity index (χ3n) is 5.63. The maximum absolute atomic E-state index is 12.9. The molecule has 1 saturated carbocycles. The van der Waals surface area contributed by atoms with Gasteiger partial charge in [-0.05, 0) is 38.8 Å². The number of piperidine rings is 1. The molecule has 2 aliphatic rings. The predicted octanol–water partition coefficient (Wildman–Crippen LogP) is 3.69. The van der Waals surface area contributed by atoms with Crippen LogP contribution >= 0.6 is 12.4 Å². The monoisotopic (exact) mass is 366 g/mol. The third-order valence-corrected chi connectivity index (χ3v) is 5.63. The fourth-order valence-electron chi connectivity index (χ4n) is 3.99. The van der Waals surface area contributed by atoms with E-state index >= 15 is 0 Å². The standard InChI is InChI=1S/C20H30N2O2.ClH/c1-15-6-8-16(9-7-15)24-17-10-13-22(14-11-17)19(23)18-5-3-4-12-20(18,2)21;/h6-9,17-18H,3-5,10-14,21H2,1-2H3;1H. The second-order valence-electron chi connectivity index (χ2n) is 7.76. The minimum absolute atomic E-state index is 0. The Morgan fingerprint density at radius 3 is 2.40 bits per heavy atom. The Bertz CT molecular complexity index is 566. The van der Waals surface area contributed by atoms with Crippen LogP contribution in [-0.4, -0.2) is 35.5 Å². The van der Waals surface area contributed by atoms with Crippen LogP contribution in [0.25, 0.3) is 0 Å². The molecule has 1 aliphatic carbocycles. The lowest BCUT2D eigenvalue weighted by Gasteiger charge is -2.41. The lowest BCUT2D eigenvalue weighted by Crippen LogP contribution is -2.55. The summed E-state index contributed by atoms with van der Waals surface area (Å²) in [4.78, 5) is 14.9. The highest BCUT2D eigenvalue weighted by atomic mass is 35.5. The number of benzene rings is 1. The van der Waals surface area contributed by atoms with Crippen LogP contribution in [0.1, 0.15) is 51.0 Å². The van der Waals surface area contributed by atoms with Crippen molar-refractivity contribution >= 4 is 18.3 Å². The Kier molecular flexibility index (Phi) is 6.75. The first-order chi connectivity index (χ1) is 11.5. The van der Waals surface area contributed by atoms with Crippen LogP contribution in [0.4, 0.5) is 0 Å². The van der Waals surface area contributed by atoms with E-state index in [-0.39, 0.29) is 35.9 Å². The molecule has 0 radical (unpaired) electrons. The molecule has 3 rings (SSSR count). The first-order valence-corrected chi connectivity index (χ1v) is 9.27. The van der Waals surface area contributed by atoms with Gasteiger partial charge in [0.25, 0.3) is 0 Å². The number of rotatable bonds is 3. The zero-order valence-corrected chi connectivity index (χ0v) is 16.2. The topological polar surface area (TPSA) is 55.6 Å². The molecule has 1 saturated heterocycles. The molecular weight excluding hydrogens is 336 g/mol. The van der Waals surface area contributed by atoms with Gasteiger partial charge in [-0.25, -0.2) is 0 Å². The summed E-state index contributed by atoms with van der Waals surface area (Å²) < 4.78 is 6.06. The Morgan fingerprint density at radius 2 is 1.80 bits per heavy atom. The highest BCUT2D eigenvalue weighted by molar-refractivity contribution is 5.85. The van der Waals surface area contributed by atoms with Crippen molar-refractivity contribution < 1.29 is 9.53 Å². The van der Waals surface area contributed by atoms with Crippen molar-refractivity contribution in [3.05, 3.63) is 29.8 Å². The molecule has 2 atom stereocenters. The number of likely N-dealkylation sites (tertiary alicyclic amines) is 1. The molecule has 0 spiro atoms. The fraction of sp³-hybridized carbons (Fsp3) is 0.650. The van der Waals surface area contributed by atoms with E-state index in [2.05, 4.69) is 19.1 Å². The van der Waals surface area contributed by atoms with Gasteiger partial charge in [-0.2, -0.15) is 0 Å². The third kappa shape index (κ3) is 4.89.